The quantitative estimate of drug-likeness (QED) is 0.699. The molecule has 82 valence electrons. The van der Waals surface area contributed by atoms with E-state index < -0.39 is 11.2 Å². The molecule has 0 aromatic heterocycles. The van der Waals surface area contributed by atoms with Gasteiger partial charge in [-0.3, -0.25) is 4.79 Å². The molecule has 0 heterocycles. The summed E-state index contributed by atoms with van der Waals surface area (Å²) in [5.74, 6) is -0.633. The molecule has 3 N–H and O–H groups in total. The van der Waals surface area contributed by atoms with Gasteiger partial charge in [0, 0.05) is 16.8 Å². The number of nitrogen functional groups attached to an aromatic ring is 1. The van der Waals surface area contributed by atoms with Crippen LogP contribution in [0.3, 0.4) is 0 Å². The molecular formula is C11H15FN2O. The van der Waals surface area contributed by atoms with Gasteiger partial charge in [0.1, 0.15) is 5.82 Å². The fraction of sp³-hybridized carbons (Fsp3) is 0.364. The third-order valence-electron chi connectivity index (χ3n) is 1.86. The van der Waals surface area contributed by atoms with Gasteiger partial charge in [0.2, 0.25) is 5.91 Å². The fourth-order valence-corrected chi connectivity index (χ4v) is 1.00. The molecule has 0 aliphatic carbocycles. The van der Waals surface area contributed by atoms with Gasteiger partial charge in [-0.1, -0.05) is 20.8 Å². The van der Waals surface area contributed by atoms with Gasteiger partial charge in [0.25, 0.3) is 0 Å². The summed E-state index contributed by atoms with van der Waals surface area (Å²) in [5.41, 5.74) is 5.61. The first-order valence-corrected chi connectivity index (χ1v) is 4.66. The Morgan fingerprint density at radius 2 is 1.93 bits per heavy atom. The third kappa shape index (κ3) is 3.23. The van der Waals surface area contributed by atoms with E-state index in [-0.39, 0.29) is 5.91 Å². The first kappa shape index (κ1) is 11.5. The summed E-state index contributed by atoms with van der Waals surface area (Å²) < 4.78 is 12.9. The number of hydrogen-bond acceptors (Lipinski definition) is 2. The van der Waals surface area contributed by atoms with Crippen LogP contribution in [0, 0.1) is 11.2 Å². The van der Waals surface area contributed by atoms with E-state index in [2.05, 4.69) is 5.32 Å². The lowest BCUT2D eigenvalue weighted by atomic mass is 9.95. The Hall–Kier alpha value is -1.58. The molecule has 0 atom stereocenters. The first-order chi connectivity index (χ1) is 6.79. The maximum Gasteiger partial charge on any atom is 0.229 e. The Balaban J connectivity index is 2.86. The zero-order valence-corrected chi connectivity index (χ0v) is 9.10. The molecule has 3 nitrogen and oxygen atoms in total. The van der Waals surface area contributed by atoms with Crippen LogP contribution in [0.5, 0.6) is 0 Å². The summed E-state index contributed by atoms with van der Waals surface area (Å²) >= 11 is 0. The lowest BCUT2D eigenvalue weighted by molar-refractivity contribution is -0.123. The van der Waals surface area contributed by atoms with E-state index in [1.165, 1.54) is 18.2 Å². The van der Waals surface area contributed by atoms with Crippen LogP contribution in [0.15, 0.2) is 18.2 Å². The minimum atomic E-state index is -0.513. The van der Waals surface area contributed by atoms with Crippen molar-refractivity contribution in [2.45, 2.75) is 20.8 Å². The predicted octanol–water partition coefficient (Wildman–Crippen LogP) is 2.39. The average Bonchev–Trinajstić information content (AvgIpc) is 1.99. The van der Waals surface area contributed by atoms with Crippen molar-refractivity contribution < 1.29 is 9.18 Å². The van der Waals surface area contributed by atoms with E-state index in [1.54, 1.807) is 20.8 Å². The van der Waals surface area contributed by atoms with E-state index >= 15 is 0 Å². The van der Waals surface area contributed by atoms with Crippen LogP contribution in [0.25, 0.3) is 0 Å². The number of amides is 1. The number of rotatable bonds is 1. The van der Waals surface area contributed by atoms with Crippen molar-refractivity contribution >= 4 is 17.3 Å². The van der Waals surface area contributed by atoms with E-state index in [0.717, 1.165) is 0 Å². The maximum atomic E-state index is 12.9. The highest BCUT2D eigenvalue weighted by Gasteiger charge is 2.21. The molecule has 0 fully saturated rings. The van der Waals surface area contributed by atoms with Crippen LogP contribution in [0.1, 0.15) is 20.8 Å². The van der Waals surface area contributed by atoms with Gasteiger partial charge in [-0.25, -0.2) is 4.39 Å². The fourth-order valence-electron chi connectivity index (χ4n) is 1.00. The lowest BCUT2D eigenvalue weighted by Gasteiger charge is -2.17. The van der Waals surface area contributed by atoms with E-state index in [9.17, 15) is 9.18 Å². The van der Waals surface area contributed by atoms with Gasteiger partial charge in [-0.05, 0) is 18.2 Å². The molecule has 1 amide bonds. The summed E-state index contributed by atoms with van der Waals surface area (Å²) in [4.78, 5) is 11.6. The Labute approximate surface area is 88.5 Å². The lowest BCUT2D eigenvalue weighted by Crippen LogP contribution is -2.27. The van der Waals surface area contributed by atoms with Gasteiger partial charge in [-0.2, -0.15) is 0 Å². The molecule has 0 radical (unpaired) electrons. The van der Waals surface area contributed by atoms with Crippen LogP contribution in [0.4, 0.5) is 15.8 Å². The van der Waals surface area contributed by atoms with Crippen LogP contribution < -0.4 is 11.1 Å². The molecule has 1 rings (SSSR count). The van der Waals surface area contributed by atoms with E-state index in [0.29, 0.717) is 11.4 Å². The molecule has 0 aliphatic heterocycles. The first-order valence-electron chi connectivity index (χ1n) is 4.66. The number of halogens is 1. The number of anilines is 2. The highest BCUT2D eigenvalue weighted by molar-refractivity contribution is 5.94. The van der Waals surface area contributed by atoms with E-state index in [1.807, 2.05) is 0 Å². The standard InChI is InChI=1S/C11H15FN2O/c1-11(2,3)10(15)14-9-5-7(12)4-8(13)6-9/h4-6H,13H2,1-3H3,(H,14,15). The number of nitrogens with one attached hydrogen (secondary N) is 1. The van der Waals surface area contributed by atoms with Gasteiger partial charge in [-0.15, -0.1) is 0 Å². The van der Waals surface area contributed by atoms with Crippen molar-refractivity contribution in [2.24, 2.45) is 5.41 Å². The van der Waals surface area contributed by atoms with Crippen LogP contribution in [-0.2, 0) is 4.79 Å². The zero-order chi connectivity index (χ0) is 11.6. The predicted molar refractivity (Wildman–Crippen MR) is 58.9 cm³/mol. The Kier molecular flexibility index (Phi) is 2.98. The topological polar surface area (TPSA) is 55.1 Å². The highest BCUT2D eigenvalue weighted by atomic mass is 19.1. The van der Waals surface area contributed by atoms with Crippen molar-refractivity contribution in [3.8, 4) is 0 Å². The Morgan fingerprint density at radius 3 is 2.40 bits per heavy atom. The summed E-state index contributed by atoms with van der Waals surface area (Å²) in [5, 5.41) is 2.60. The molecule has 1 aromatic carbocycles. The molecule has 0 saturated carbocycles. The number of carbonyl (C=O) groups excluding carboxylic acids is 1. The average molecular weight is 210 g/mol. The maximum absolute atomic E-state index is 12.9. The van der Waals surface area contributed by atoms with Crippen LogP contribution in [-0.4, -0.2) is 5.91 Å². The normalized spacial score (nSPS) is 11.2. The summed E-state index contributed by atoms with van der Waals surface area (Å²) in [6.07, 6.45) is 0. The molecule has 0 aliphatic rings. The third-order valence-corrected chi connectivity index (χ3v) is 1.86. The van der Waals surface area contributed by atoms with Gasteiger partial charge in [0.15, 0.2) is 0 Å². The van der Waals surface area contributed by atoms with Crippen LogP contribution in [0.2, 0.25) is 0 Å². The van der Waals surface area contributed by atoms with Crippen molar-refractivity contribution in [3.05, 3.63) is 24.0 Å². The minimum Gasteiger partial charge on any atom is -0.399 e. The largest absolute Gasteiger partial charge is 0.399 e. The Morgan fingerprint density at radius 1 is 1.33 bits per heavy atom. The van der Waals surface area contributed by atoms with Gasteiger partial charge < -0.3 is 11.1 Å². The molecule has 0 unspecified atom stereocenters. The molecule has 1 aromatic rings. The molecule has 0 spiro atoms. The molecular weight excluding hydrogens is 195 g/mol. The number of benzene rings is 1. The summed E-state index contributed by atoms with van der Waals surface area (Å²) in [6, 6.07) is 3.96. The second-order valence-electron chi connectivity index (χ2n) is 4.48. The number of carbonyl (C=O) groups is 1. The molecule has 0 bridgehead atoms. The van der Waals surface area contributed by atoms with Crippen molar-refractivity contribution in [2.75, 3.05) is 11.1 Å². The monoisotopic (exact) mass is 210 g/mol. The summed E-state index contributed by atoms with van der Waals surface area (Å²) in [7, 11) is 0. The van der Waals surface area contributed by atoms with Crippen LogP contribution >= 0.6 is 0 Å². The van der Waals surface area contributed by atoms with E-state index in [4.69, 9.17) is 5.73 Å². The van der Waals surface area contributed by atoms with Crippen molar-refractivity contribution in [1.82, 2.24) is 0 Å². The molecule has 0 saturated heterocycles. The highest BCUT2D eigenvalue weighted by Crippen LogP contribution is 2.20. The number of hydrogen-bond donors (Lipinski definition) is 2. The SMILES string of the molecule is CC(C)(C)C(=O)Nc1cc(N)cc(F)c1. The molecule has 4 heteroatoms. The second kappa shape index (κ2) is 3.88. The zero-order valence-electron chi connectivity index (χ0n) is 9.10. The van der Waals surface area contributed by atoms with Gasteiger partial charge >= 0.3 is 0 Å². The second-order valence-corrected chi connectivity index (χ2v) is 4.48. The van der Waals surface area contributed by atoms with Crippen molar-refractivity contribution in [1.29, 1.82) is 0 Å². The molecule has 15 heavy (non-hydrogen) atoms. The smallest absolute Gasteiger partial charge is 0.229 e. The van der Waals surface area contributed by atoms with Crippen molar-refractivity contribution in [3.63, 3.8) is 0 Å². The van der Waals surface area contributed by atoms with Gasteiger partial charge in [0.05, 0.1) is 0 Å². The number of nitrogens with two attached hydrogens (primary N) is 1. The Bertz CT molecular complexity index is 362. The summed E-state index contributed by atoms with van der Waals surface area (Å²) in [6.45, 7) is 5.35. The minimum absolute atomic E-state index is 0.174.